The molecule has 3 heteroatoms. The number of rotatable bonds is 3. The summed E-state index contributed by atoms with van der Waals surface area (Å²) >= 11 is 5.96. The summed E-state index contributed by atoms with van der Waals surface area (Å²) in [5, 5.41) is 1.72. The lowest BCUT2D eigenvalue weighted by Gasteiger charge is -1.98. The molecule has 2 nitrogen and oxygen atoms in total. The molecule has 20 heavy (non-hydrogen) atoms. The van der Waals surface area contributed by atoms with Crippen LogP contribution in [0.1, 0.15) is 11.3 Å². The van der Waals surface area contributed by atoms with Gasteiger partial charge >= 0.3 is 0 Å². The molecule has 0 amide bonds. The number of hydrogen-bond acceptors (Lipinski definition) is 2. The van der Waals surface area contributed by atoms with Crippen molar-refractivity contribution in [2.24, 2.45) is 0 Å². The van der Waals surface area contributed by atoms with E-state index in [9.17, 15) is 0 Å². The number of ether oxygens (including phenoxy) is 1. The Morgan fingerprint density at radius 2 is 1.80 bits per heavy atom. The van der Waals surface area contributed by atoms with Gasteiger partial charge in [-0.25, -0.2) is 0 Å². The first kappa shape index (κ1) is 12.8. The molecule has 0 saturated heterocycles. The minimum atomic E-state index is 0.712. The molecule has 0 aliphatic heterocycles. The van der Waals surface area contributed by atoms with Gasteiger partial charge in [-0.3, -0.25) is 0 Å². The topological polar surface area (TPSA) is 22.4 Å². The quantitative estimate of drug-likeness (QED) is 0.654. The van der Waals surface area contributed by atoms with E-state index in [0.29, 0.717) is 5.02 Å². The summed E-state index contributed by atoms with van der Waals surface area (Å²) in [6.07, 6.45) is 3.94. The van der Waals surface area contributed by atoms with Crippen LogP contribution in [0.15, 0.2) is 52.9 Å². The summed E-state index contributed by atoms with van der Waals surface area (Å²) < 4.78 is 10.8. The lowest BCUT2D eigenvalue weighted by Crippen LogP contribution is -1.81. The molecule has 0 N–H and O–H groups in total. The lowest BCUT2D eigenvalue weighted by molar-refractivity contribution is 0.415. The van der Waals surface area contributed by atoms with Crippen LogP contribution in [0, 0.1) is 0 Å². The van der Waals surface area contributed by atoms with Gasteiger partial charge in [-0.05, 0) is 48.0 Å². The van der Waals surface area contributed by atoms with Crippen molar-refractivity contribution < 1.29 is 9.15 Å². The lowest BCUT2D eigenvalue weighted by atomic mass is 10.2. The maximum Gasteiger partial charge on any atom is 0.134 e. The van der Waals surface area contributed by atoms with E-state index in [0.717, 1.165) is 28.0 Å². The third-order valence-corrected chi connectivity index (χ3v) is 3.29. The van der Waals surface area contributed by atoms with Crippen LogP contribution >= 0.6 is 11.6 Å². The molecule has 0 spiro atoms. The molecule has 1 aromatic heterocycles. The van der Waals surface area contributed by atoms with E-state index in [2.05, 4.69) is 0 Å². The van der Waals surface area contributed by atoms with E-state index in [4.69, 9.17) is 20.8 Å². The van der Waals surface area contributed by atoms with Crippen molar-refractivity contribution in [3.63, 3.8) is 0 Å². The molecule has 0 aliphatic rings. The molecular weight excluding hydrogens is 272 g/mol. The summed E-state index contributed by atoms with van der Waals surface area (Å²) in [6.45, 7) is 0. The average Bonchev–Trinajstić information content (AvgIpc) is 2.87. The van der Waals surface area contributed by atoms with Gasteiger partial charge in [-0.2, -0.15) is 0 Å². The monoisotopic (exact) mass is 284 g/mol. The van der Waals surface area contributed by atoms with Gasteiger partial charge in [0.15, 0.2) is 0 Å². The summed E-state index contributed by atoms with van der Waals surface area (Å²) in [7, 11) is 1.66. The molecule has 0 atom stereocenters. The first-order valence-corrected chi connectivity index (χ1v) is 6.64. The molecule has 0 radical (unpaired) electrons. The zero-order valence-electron chi connectivity index (χ0n) is 11.0. The maximum atomic E-state index is 5.96. The van der Waals surface area contributed by atoms with Crippen molar-refractivity contribution in [3.05, 3.63) is 64.9 Å². The predicted molar refractivity (Wildman–Crippen MR) is 83.1 cm³/mol. The Hall–Kier alpha value is -2.19. The molecule has 0 unspecified atom stereocenters. The number of hydrogen-bond donors (Lipinski definition) is 0. The fourth-order valence-electron chi connectivity index (χ4n) is 2.01. The summed E-state index contributed by atoms with van der Waals surface area (Å²) in [6, 6.07) is 15.4. The minimum absolute atomic E-state index is 0.712. The maximum absolute atomic E-state index is 5.96. The van der Waals surface area contributed by atoms with Crippen molar-refractivity contribution in [2.45, 2.75) is 0 Å². The fraction of sp³-hybridized carbons (Fsp3) is 0.0588. The van der Waals surface area contributed by atoms with E-state index < -0.39 is 0 Å². The molecule has 1 heterocycles. The highest BCUT2D eigenvalue weighted by molar-refractivity contribution is 6.31. The molecule has 0 fully saturated rings. The van der Waals surface area contributed by atoms with E-state index >= 15 is 0 Å². The average molecular weight is 285 g/mol. The van der Waals surface area contributed by atoms with E-state index in [-0.39, 0.29) is 0 Å². The zero-order valence-corrected chi connectivity index (χ0v) is 11.7. The van der Waals surface area contributed by atoms with Gasteiger partial charge in [-0.15, -0.1) is 0 Å². The summed E-state index contributed by atoms with van der Waals surface area (Å²) in [5.74, 6) is 1.65. The second-order valence-electron chi connectivity index (χ2n) is 4.44. The van der Waals surface area contributed by atoms with Crippen LogP contribution in [-0.2, 0) is 0 Å². The fourth-order valence-corrected chi connectivity index (χ4v) is 2.19. The Balaban J connectivity index is 1.85. The van der Waals surface area contributed by atoms with E-state index in [1.807, 2.05) is 60.7 Å². The largest absolute Gasteiger partial charge is 0.497 e. The van der Waals surface area contributed by atoms with E-state index in [1.54, 1.807) is 7.11 Å². The molecular formula is C17H13ClO2. The third-order valence-electron chi connectivity index (χ3n) is 3.05. The Labute approximate surface area is 122 Å². The zero-order chi connectivity index (χ0) is 13.9. The Morgan fingerprint density at radius 1 is 1.00 bits per heavy atom. The minimum Gasteiger partial charge on any atom is -0.497 e. The number of fused-ring (bicyclic) bond motifs is 1. The second-order valence-corrected chi connectivity index (χ2v) is 4.87. The van der Waals surface area contributed by atoms with Crippen LogP contribution in [-0.4, -0.2) is 7.11 Å². The van der Waals surface area contributed by atoms with Gasteiger partial charge in [0.05, 0.1) is 7.11 Å². The van der Waals surface area contributed by atoms with Gasteiger partial charge < -0.3 is 9.15 Å². The molecule has 2 aromatic carbocycles. The highest BCUT2D eigenvalue weighted by Gasteiger charge is 2.01. The predicted octanol–water partition coefficient (Wildman–Crippen LogP) is 5.27. The molecule has 0 saturated carbocycles. The summed E-state index contributed by atoms with van der Waals surface area (Å²) in [4.78, 5) is 0. The molecule has 0 aliphatic carbocycles. The van der Waals surface area contributed by atoms with Gasteiger partial charge in [0.2, 0.25) is 0 Å². The van der Waals surface area contributed by atoms with Crippen molar-refractivity contribution in [1.29, 1.82) is 0 Å². The second kappa shape index (κ2) is 5.43. The Morgan fingerprint density at radius 3 is 2.55 bits per heavy atom. The van der Waals surface area contributed by atoms with Crippen LogP contribution in [0.2, 0.25) is 5.02 Å². The highest BCUT2D eigenvalue weighted by atomic mass is 35.5. The SMILES string of the molecule is COc1ccc(C=Cc2cc3cc(Cl)ccc3o2)cc1. The van der Waals surface area contributed by atoms with Crippen molar-refractivity contribution >= 4 is 34.7 Å². The first-order valence-electron chi connectivity index (χ1n) is 6.26. The van der Waals surface area contributed by atoms with Crippen LogP contribution in [0.5, 0.6) is 5.75 Å². The third kappa shape index (κ3) is 2.70. The smallest absolute Gasteiger partial charge is 0.134 e. The normalized spacial score (nSPS) is 11.3. The van der Waals surface area contributed by atoms with Gasteiger partial charge in [-0.1, -0.05) is 29.8 Å². The number of methoxy groups -OCH3 is 1. The van der Waals surface area contributed by atoms with Crippen LogP contribution < -0.4 is 4.74 Å². The number of furan rings is 1. The van der Waals surface area contributed by atoms with Gasteiger partial charge in [0.1, 0.15) is 17.1 Å². The van der Waals surface area contributed by atoms with E-state index in [1.165, 1.54) is 0 Å². The van der Waals surface area contributed by atoms with Crippen LogP contribution in [0.3, 0.4) is 0 Å². The molecule has 0 bridgehead atoms. The van der Waals surface area contributed by atoms with Crippen molar-refractivity contribution in [1.82, 2.24) is 0 Å². The summed E-state index contributed by atoms with van der Waals surface area (Å²) in [5.41, 5.74) is 1.92. The van der Waals surface area contributed by atoms with Gasteiger partial charge in [0, 0.05) is 10.4 Å². The van der Waals surface area contributed by atoms with Crippen LogP contribution in [0.4, 0.5) is 0 Å². The number of benzene rings is 2. The Bertz CT molecular complexity index is 754. The van der Waals surface area contributed by atoms with Crippen molar-refractivity contribution in [2.75, 3.05) is 7.11 Å². The number of halogens is 1. The molecule has 3 rings (SSSR count). The van der Waals surface area contributed by atoms with Crippen molar-refractivity contribution in [3.8, 4) is 5.75 Å². The molecule has 100 valence electrons. The van der Waals surface area contributed by atoms with Crippen LogP contribution in [0.25, 0.3) is 23.1 Å². The van der Waals surface area contributed by atoms with Gasteiger partial charge in [0.25, 0.3) is 0 Å². The Kier molecular flexibility index (Phi) is 3.48. The highest BCUT2D eigenvalue weighted by Crippen LogP contribution is 2.24. The first-order chi connectivity index (χ1) is 9.74. The molecule has 3 aromatic rings. The standard InChI is InChI=1S/C17H13ClO2/c1-19-15-6-2-12(3-7-15)4-8-16-11-13-10-14(18)5-9-17(13)20-16/h2-11H,1H3.